The van der Waals surface area contributed by atoms with Crippen LogP contribution in [0.15, 0.2) is 29.3 Å². The van der Waals surface area contributed by atoms with Crippen molar-refractivity contribution >= 4 is 34.2 Å². The van der Waals surface area contributed by atoms with Crippen molar-refractivity contribution in [3.05, 3.63) is 30.0 Å². The van der Waals surface area contributed by atoms with E-state index in [0.717, 1.165) is 41.2 Å². The molecule has 144 valence electrons. The Hall–Kier alpha value is -2.81. The topological polar surface area (TPSA) is 130 Å². The van der Waals surface area contributed by atoms with E-state index < -0.39 is 6.09 Å². The summed E-state index contributed by atoms with van der Waals surface area (Å²) in [5.41, 5.74) is 13.8. The number of carbonyl (C=O) groups is 1. The molecule has 9 heteroatoms. The Morgan fingerprint density at radius 1 is 1.33 bits per heavy atom. The smallest absolute Gasteiger partial charge is 0.407 e. The van der Waals surface area contributed by atoms with Crippen LogP contribution in [0.4, 0.5) is 15.6 Å². The molecule has 1 fully saturated rings. The zero-order valence-electron chi connectivity index (χ0n) is 15.2. The molecule has 2 heterocycles. The van der Waals surface area contributed by atoms with E-state index in [0.29, 0.717) is 24.1 Å². The molecule has 1 amide bonds. The van der Waals surface area contributed by atoms with Gasteiger partial charge in [0.1, 0.15) is 0 Å². The highest BCUT2D eigenvalue weighted by molar-refractivity contribution is 7.18. The summed E-state index contributed by atoms with van der Waals surface area (Å²) in [7, 11) is 0. The van der Waals surface area contributed by atoms with Crippen LogP contribution in [0.5, 0.6) is 0 Å². The quantitative estimate of drug-likeness (QED) is 0.460. The van der Waals surface area contributed by atoms with Crippen LogP contribution in [0.3, 0.4) is 0 Å². The van der Waals surface area contributed by atoms with Gasteiger partial charge in [0.25, 0.3) is 0 Å². The summed E-state index contributed by atoms with van der Waals surface area (Å²) < 4.78 is 0. The average Bonchev–Trinajstić information content (AvgIpc) is 3.00. The van der Waals surface area contributed by atoms with Crippen LogP contribution >= 0.6 is 11.3 Å². The first-order valence-electron chi connectivity index (χ1n) is 8.81. The van der Waals surface area contributed by atoms with Gasteiger partial charge in [-0.3, -0.25) is 0 Å². The Morgan fingerprint density at radius 3 is 2.59 bits per heavy atom. The second-order valence-electron chi connectivity index (χ2n) is 6.62. The fourth-order valence-corrected chi connectivity index (χ4v) is 4.10. The average molecular weight is 388 g/mol. The van der Waals surface area contributed by atoms with Gasteiger partial charge in [0.2, 0.25) is 5.13 Å². The van der Waals surface area contributed by atoms with Crippen molar-refractivity contribution in [3.63, 3.8) is 0 Å². The third-order valence-corrected chi connectivity index (χ3v) is 5.74. The minimum atomic E-state index is -0.821. The van der Waals surface area contributed by atoms with Crippen molar-refractivity contribution in [2.24, 2.45) is 22.4 Å². The van der Waals surface area contributed by atoms with Gasteiger partial charge < -0.3 is 26.8 Å². The van der Waals surface area contributed by atoms with Crippen LogP contribution < -0.4 is 16.8 Å². The van der Waals surface area contributed by atoms with Crippen molar-refractivity contribution in [2.75, 3.05) is 25.0 Å². The molecule has 2 aromatic rings. The first-order chi connectivity index (χ1) is 12.9. The van der Waals surface area contributed by atoms with Gasteiger partial charge in [-0.1, -0.05) is 23.5 Å². The minimum Gasteiger partial charge on any atom is -0.465 e. The molecule has 1 aromatic heterocycles. The molecular weight excluding hydrogens is 364 g/mol. The molecule has 0 unspecified atom stereocenters. The number of aliphatic imine (C=N–C) groups is 1. The van der Waals surface area contributed by atoms with E-state index in [1.807, 2.05) is 19.1 Å². The number of benzene rings is 1. The molecule has 0 bridgehead atoms. The van der Waals surface area contributed by atoms with Crippen molar-refractivity contribution in [1.82, 2.24) is 9.88 Å². The molecule has 0 radical (unpaired) electrons. The van der Waals surface area contributed by atoms with Gasteiger partial charge in [-0.2, -0.15) is 4.99 Å². The highest BCUT2D eigenvalue weighted by atomic mass is 32.1. The Bertz CT molecular complexity index is 821. The van der Waals surface area contributed by atoms with Gasteiger partial charge in [0, 0.05) is 25.3 Å². The zero-order valence-corrected chi connectivity index (χ0v) is 16.0. The SMILES string of the molecule is Cc1nc(N=C(N)N)sc1-c1ccc(NCC2CCN(C(=O)O)CC2)cc1. The predicted molar refractivity (Wildman–Crippen MR) is 109 cm³/mol. The summed E-state index contributed by atoms with van der Waals surface area (Å²) in [6.45, 7) is 4.01. The lowest BCUT2D eigenvalue weighted by Gasteiger charge is -2.30. The number of amides is 1. The summed E-state index contributed by atoms with van der Waals surface area (Å²) in [6, 6.07) is 8.19. The van der Waals surface area contributed by atoms with Crippen molar-refractivity contribution in [1.29, 1.82) is 0 Å². The number of hydrogen-bond donors (Lipinski definition) is 4. The van der Waals surface area contributed by atoms with Gasteiger partial charge in [-0.15, -0.1) is 0 Å². The molecule has 0 atom stereocenters. The van der Waals surface area contributed by atoms with Crippen molar-refractivity contribution in [3.8, 4) is 10.4 Å². The number of likely N-dealkylation sites (tertiary alicyclic amines) is 1. The normalized spacial score (nSPS) is 14.8. The number of carboxylic acid groups (broad SMARTS) is 1. The summed E-state index contributed by atoms with van der Waals surface area (Å²) >= 11 is 1.45. The molecule has 1 saturated heterocycles. The number of aryl methyl sites for hydroxylation is 1. The minimum absolute atomic E-state index is 0.00374. The number of thiazole rings is 1. The fourth-order valence-electron chi connectivity index (χ4n) is 3.14. The lowest BCUT2D eigenvalue weighted by molar-refractivity contribution is 0.126. The van der Waals surface area contributed by atoms with E-state index in [2.05, 4.69) is 27.4 Å². The molecule has 3 rings (SSSR count). The number of guanidine groups is 1. The van der Waals surface area contributed by atoms with Gasteiger partial charge in [0.15, 0.2) is 5.96 Å². The van der Waals surface area contributed by atoms with Crippen LogP contribution in [-0.2, 0) is 0 Å². The largest absolute Gasteiger partial charge is 0.465 e. The molecular formula is C18H24N6O2S. The monoisotopic (exact) mass is 388 g/mol. The van der Waals surface area contributed by atoms with Gasteiger partial charge in [-0.25, -0.2) is 9.78 Å². The van der Waals surface area contributed by atoms with Gasteiger partial charge in [0.05, 0.1) is 10.6 Å². The third-order valence-electron chi connectivity index (χ3n) is 4.64. The number of rotatable bonds is 5. The van der Waals surface area contributed by atoms with Crippen LogP contribution in [0.25, 0.3) is 10.4 Å². The zero-order chi connectivity index (χ0) is 19.4. The number of aromatic nitrogens is 1. The predicted octanol–water partition coefficient (Wildman–Crippen LogP) is 2.83. The van der Waals surface area contributed by atoms with Crippen LogP contribution in [-0.4, -0.2) is 46.7 Å². The van der Waals surface area contributed by atoms with E-state index in [-0.39, 0.29) is 5.96 Å². The molecule has 6 N–H and O–H groups in total. The molecule has 0 aliphatic carbocycles. The first kappa shape index (κ1) is 19.0. The highest BCUT2D eigenvalue weighted by Gasteiger charge is 2.21. The van der Waals surface area contributed by atoms with E-state index in [1.165, 1.54) is 16.2 Å². The molecule has 27 heavy (non-hydrogen) atoms. The maximum Gasteiger partial charge on any atom is 0.407 e. The summed E-state index contributed by atoms with van der Waals surface area (Å²) in [5.74, 6) is 0.496. The van der Waals surface area contributed by atoms with Crippen molar-refractivity contribution < 1.29 is 9.90 Å². The Kier molecular flexibility index (Phi) is 5.80. The molecule has 0 saturated carbocycles. The van der Waals surface area contributed by atoms with Gasteiger partial charge in [-0.05, 0) is 43.4 Å². The highest BCUT2D eigenvalue weighted by Crippen LogP contribution is 2.34. The number of nitrogens with two attached hydrogens (primary N) is 2. The molecule has 8 nitrogen and oxygen atoms in total. The van der Waals surface area contributed by atoms with E-state index in [9.17, 15) is 4.79 Å². The Labute approximate surface area is 161 Å². The lowest BCUT2D eigenvalue weighted by atomic mass is 9.97. The van der Waals surface area contributed by atoms with Crippen LogP contribution in [0.1, 0.15) is 18.5 Å². The maximum atomic E-state index is 11.0. The standard InChI is InChI=1S/C18H24N6O2S/c1-11-15(27-17(22-11)23-16(19)20)13-2-4-14(5-3-13)21-10-12-6-8-24(9-7-12)18(25)26/h2-5,12,21H,6-10H2,1H3,(H,25,26)(H4,19,20,22,23). The Balaban J connectivity index is 1.57. The molecule has 1 aliphatic heterocycles. The van der Waals surface area contributed by atoms with Gasteiger partial charge >= 0.3 is 6.09 Å². The molecule has 0 spiro atoms. The van der Waals surface area contributed by atoms with Crippen LogP contribution in [0.2, 0.25) is 0 Å². The maximum absolute atomic E-state index is 11.0. The number of hydrogen-bond acceptors (Lipinski definition) is 5. The third kappa shape index (κ3) is 4.88. The number of nitrogens with one attached hydrogen (secondary N) is 1. The van der Waals surface area contributed by atoms with E-state index >= 15 is 0 Å². The summed E-state index contributed by atoms with van der Waals surface area (Å²) in [6.07, 6.45) is 0.967. The lowest BCUT2D eigenvalue weighted by Crippen LogP contribution is -2.39. The first-order valence-corrected chi connectivity index (χ1v) is 9.63. The van der Waals surface area contributed by atoms with Crippen molar-refractivity contribution in [2.45, 2.75) is 19.8 Å². The number of anilines is 1. The van der Waals surface area contributed by atoms with E-state index in [4.69, 9.17) is 16.6 Å². The van der Waals surface area contributed by atoms with Crippen LogP contribution in [0, 0.1) is 12.8 Å². The molecule has 1 aromatic carbocycles. The number of nitrogens with zero attached hydrogens (tertiary/aromatic N) is 3. The summed E-state index contributed by atoms with van der Waals surface area (Å²) in [4.78, 5) is 21.9. The Morgan fingerprint density at radius 2 is 2.00 bits per heavy atom. The summed E-state index contributed by atoms with van der Waals surface area (Å²) in [5, 5.41) is 13.0. The second-order valence-corrected chi connectivity index (χ2v) is 7.60. The molecule has 1 aliphatic rings. The van der Waals surface area contributed by atoms with E-state index in [1.54, 1.807) is 0 Å². The second kappa shape index (κ2) is 8.26. The fraction of sp³-hybridized carbons (Fsp3) is 0.389. The number of piperidine rings is 1.